The second-order valence-corrected chi connectivity index (χ2v) is 5.85. The van der Waals surface area contributed by atoms with E-state index in [2.05, 4.69) is 24.2 Å². The maximum Gasteiger partial charge on any atom is 0.270 e. The summed E-state index contributed by atoms with van der Waals surface area (Å²) in [5, 5.41) is 13.9. The fourth-order valence-corrected chi connectivity index (χ4v) is 2.69. The molecule has 2 atom stereocenters. The smallest absolute Gasteiger partial charge is 0.270 e. The van der Waals surface area contributed by atoms with Gasteiger partial charge in [0.05, 0.1) is 15.5 Å². The number of benzene rings is 1. The highest BCUT2D eigenvalue weighted by molar-refractivity contribution is 6.33. The van der Waals surface area contributed by atoms with Crippen LogP contribution in [0.5, 0.6) is 0 Å². The fraction of sp³-hybridized carbons (Fsp3) is 0.500. The Labute approximate surface area is 128 Å². The molecular formula is C14H18ClN3O3. The molecule has 7 heteroatoms. The zero-order valence-corrected chi connectivity index (χ0v) is 12.8. The van der Waals surface area contributed by atoms with Gasteiger partial charge in [0.1, 0.15) is 0 Å². The van der Waals surface area contributed by atoms with Gasteiger partial charge in [-0.2, -0.15) is 0 Å². The Morgan fingerprint density at radius 1 is 1.52 bits per heavy atom. The molecule has 1 aliphatic heterocycles. The van der Waals surface area contributed by atoms with E-state index in [4.69, 9.17) is 11.6 Å². The Kier molecular flexibility index (Phi) is 4.80. The van der Waals surface area contributed by atoms with Gasteiger partial charge in [0, 0.05) is 30.8 Å². The van der Waals surface area contributed by atoms with Gasteiger partial charge in [-0.3, -0.25) is 14.9 Å². The number of likely N-dealkylation sites (tertiary alicyclic amines) is 1. The Hall–Kier alpha value is -1.66. The SMILES string of the molecule is CC1CC(NC(=O)c2cc([N+](=O)[O-])ccc2Cl)CCN1C. The summed E-state index contributed by atoms with van der Waals surface area (Å²) in [5.41, 5.74) is 0.0127. The maximum absolute atomic E-state index is 12.3. The van der Waals surface area contributed by atoms with Gasteiger partial charge in [-0.05, 0) is 32.9 Å². The maximum atomic E-state index is 12.3. The number of nitrogens with zero attached hydrogens (tertiary/aromatic N) is 2. The number of carbonyl (C=O) groups excluding carboxylic acids is 1. The van der Waals surface area contributed by atoms with Gasteiger partial charge in [-0.1, -0.05) is 11.6 Å². The van der Waals surface area contributed by atoms with Crippen LogP contribution in [0.1, 0.15) is 30.1 Å². The number of amides is 1. The van der Waals surface area contributed by atoms with E-state index in [0.29, 0.717) is 6.04 Å². The number of piperidine rings is 1. The number of halogens is 1. The summed E-state index contributed by atoms with van der Waals surface area (Å²) in [4.78, 5) is 24.7. The van der Waals surface area contributed by atoms with Crippen molar-refractivity contribution in [3.05, 3.63) is 38.9 Å². The summed E-state index contributed by atoms with van der Waals surface area (Å²) in [6.45, 7) is 3.02. The Balaban J connectivity index is 2.10. The summed E-state index contributed by atoms with van der Waals surface area (Å²) in [7, 11) is 2.06. The summed E-state index contributed by atoms with van der Waals surface area (Å²) in [6.07, 6.45) is 1.72. The van der Waals surface area contributed by atoms with Crippen LogP contribution in [0.15, 0.2) is 18.2 Å². The van der Waals surface area contributed by atoms with E-state index in [1.54, 1.807) is 0 Å². The molecule has 0 aromatic heterocycles. The van der Waals surface area contributed by atoms with Gasteiger partial charge in [-0.15, -0.1) is 0 Å². The van der Waals surface area contributed by atoms with Crippen molar-refractivity contribution in [2.24, 2.45) is 0 Å². The van der Waals surface area contributed by atoms with Crippen LogP contribution in [0.25, 0.3) is 0 Å². The van der Waals surface area contributed by atoms with Crippen LogP contribution >= 0.6 is 11.6 Å². The molecule has 2 rings (SSSR count). The first-order valence-electron chi connectivity index (χ1n) is 6.83. The molecule has 1 amide bonds. The molecule has 0 bridgehead atoms. The normalized spacial score (nSPS) is 22.8. The van der Waals surface area contributed by atoms with E-state index in [1.807, 2.05) is 0 Å². The van der Waals surface area contributed by atoms with Crippen LogP contribution in [0.3, 0.4) is 0 Å². The molecule has 1 N–H and O–H groups in total. The highest BCUT2D eigenvalue weighted by atomic mass is 35.5. The lowest BCUT2D eigenvalue weighted by Crippen LogP contribution is -2.47. The van der Waals surface area contributed by atoms with Crippen molar-refractivity contribution in [1.29, 1.82) is 0 Å². The first-order chi connectivity index (χ1) is 9.88. The van der Waals surface area contributed by atoms with Crippen LogP contribution in [-0.4, -0.2) is 41.4 Å². The van der Waals surface area contributed by atoms with Gasteiger partial charge in [0.2, 0.25) is 0 Å². The summed E-state index contributed by atoms with van der Waals surface area (Å²) >= 11 is 5.97. The van der Waals surface area contributed by atoms with Crippen molar-refractivity contribution in [2.45, 2.75) is 31.8 Å². The molecule has 114 valence electrons. The van der Waals surface area contributed by atoms with Crippen molar-refractivity contribution in [2.75, 3.05) is 13.6 Å². The first-order valence-corrected chi connectivity index (χ1v) is 7.21. The Morgan fingerprint density at radius 2 is 2.24 bits per heavy atom. The zero-order valence-electron chi connectivity index (χ0n) is 12.0. The van der Waals surface area contributed by atoms with E-state index in [1.165, 1.54) is 18.2 Å². The predicted molar refractivity (Wildman–Crippen MR) is 80.7 cm³/mol. The predicted octanol–water partition coefficient (Wildman–Crippen LogP) is 2.46. The number of nitro groups is 1. The third kappa shape index (κ3) is 3.71. The second kappa shape index (κ2) is 6.41. The number of hydrogen-bond acceptors (Lipinski definition) is 4. The molecule has 2 unspecified atom stereocenters. The summed E-state index contributed by atoms with van der Waals surface area (Å²) in [6, 6.07) is 4.35. The second-order valence-electron chi connectivity index (χ2n) is 5.45. The minimum absolute atomic E-state index is 0.0685. The van der Waals surface area contributed by atoms with Crippen molar-refractivity contribution in [3.8, 4) is 0 Å². The van der Waals surface area contributed by atoms with Gasteiger partial charge in [0.25, 0.3) is 11.6 Å². The third-order valence-electron chi connectivity index (χ3n) is 3.95. The Bertz CT molecular complexity index is 564. The lowest BCUT2D eigenvalue weighted by molar-refractivity contribution is -0.384. The topological polar surface area (TPSA) is 75.5 Å². The van der Waals surface area contributed by atoms with Gasteiger partial charge in [-0.25, -0.2) is 0 Å². The van der Waals surface area contributed by atoms with Crippen LogP contribution in [0.4, 0.5) is 5.69 Å². The monoisotopic (exact) mass is 311 g/mol. The molecular weight excluding hydrogens is 294 g/mol. The molecule has 21 heavy (non-hydrogen) atoms. The summed E-state index contributed by atoms with van der Waals surface area (Å²) < 4.78 is 0. The highest BCUT2D eigenvalue weighted by Gasteiger charge is 2.25. The molecule has 0 saturated carbocycles. The number of rotatable bonds is 3. The molecule has 1 aromatic carbocycles. The number of nitro benzene ring substituents is 1. The molecule has 0 radical (unpaired) electrons. The number of hydrogen-bond donors (Lipinski definition) is 1. The van der Waals surface area contributed by atoms with Gasteiger partial charge >= 0.3 is 0 Å². The van der Waals surface area contributed by atoms with E-state index in [0.717, 1.165) is 19.4 Å². The molecule has 1 fully saturated rings. The standard InChI is InChI=1S/C14H18ClN3O3/c1-9-7-10(5-6-17(9)2)16-14(19)12-8-11(18(20)21)3-4-13(12)15/h3-4,8-10H,5-7H2,1-2H3,(H,16,19). The van der Waals surface area contributed by atoms with E-state index in [-0.39, 0.29) is 28.2 Å². The van der Waals surface area contributed by atoms with Gasteiger partial charge in [0.15, 0.2) is 0 Å². The molecule has 1 saturated heterocycles. The summed E-state index contributed by atoms with van der Waals surface area (Å²) in [5.74, 6) is -0.356. The van der Waals surface area contributed by atoms with E-state index < -0.39 is 4.92 Å². The number of carbonyl (C=O) groups is 1. The minimum Gasteiger partial charge on any atom is -0.349 e. The Morgan fingerprint density at radius 3 is 2.86 bits per heavy atom. The highest BCUT2D eigenvalue weighted by Crippen LogP contribution is 2.23. The average Bonchev–Trinajstić information content (AvgIpc) is 2.43. The molecule has 1 aliphatic rings. The molecule has 6 nitrogen and oxygen atoms in total. The van der Waals surface area contributed by atoms with Crippen LogP contribution in [-0.2, 0) is 0 Å². The van der Waals surface area contributed by atoms with Crippen LogP contribution in [0, 0.1) is 10.1 Å². The van der Waals surface area contributed by atoms with E-state index >= 15 is 0 Å². The lowest BCUT2D eigenvalue weighted by atomic mass is 9.98. The van der Waals surface area contributed by atoms with E-state index in [9.17, 15) is 14.9 Å². The quantitative estimate of drug-likeness (QED) is 0.687. The van der Waals surface area contributed by atoms with Crippen molar-refractivity contribution >= 4 is 23.2 Å². The average molecular weight is 312 g/mol. The number of nitrogens with one attached hydrogen (secondary N) is 1. The largest absolute Gasteiger partial charge is 0.349 e. The lowest BCUT2D eigenvalue weighted by Gasteiger charge is -2.35. The van der Waals surface area contributed by atoms with Crippen LogP contribution in [0.2, 0.25) is 5.02 Å². The minimum atomic E-state index is -0.537. The van der Waals surface area contributed by atoms with Crippen molar-refractivity contribution in [1.82, 2.24) is 10.2 Å². The number of non-ortho nitro benzene ring substituents is 1. The van der Waals surface area contributed by atoms with Gasteiger partial charge < -0.3 is 10.2 Å². The molecule has 0 spiro atoms. The third-order valence-corrected chi connectivity index (χ3v) is 4.28. The van der Waals surface area contributed by atoms with Crippen molar-refractivity contribution in [3.63, 3.8) is 0 Å². The fourth-order valence-electron chi connectivity index (χ4n) is 2.48. The molecule has 1 aromatic rings. The van der Waals surface area contributed by atoms with Crippen LogP contribution < -0.4 is 5.32 Å². The molecule has 1 heterocycles. The first kappa shape index (κ1) is 15.7. The molecule has 0 aliphatic carbocycles. The zero-order chi connectivity index (χ0) is 15.6. The van der Waals surface area contributed by atoms with Crippen molar-refractivity contribution < 1.29 is 9.72 Å².